The van der Waals surface area contributed by atoms with Gasteiger partial charge < -0.3 is 20.7 Å². The second-order valence-electron chi connectivity index (χ2n) is 4.55. The van der Waals surface area contributed by atoms with Crippen LogP contribution in [0.25, 0.3) is 0 Å². The maximum atomic E-state index is 11.9. The van der Waals surface area contributed by atoms with Crippen molar-refractivity contribution in [2.24, 2.45) is 0 Å². The normalized spacial score (nSPS) is 10.5. The van der Waals surface area contributed by atoms with Gasteiger partial charge in [-0.25, -0.2) is 4.79 Å². The molecule has 0 atom stereocenters. The molecule has 1 aromatic rings. The minimum absolute atomic E-state index is 0.0711. The highest BCUT2D eigenvalue weighted by atomic mass is 35.5. The lowest BCUT2D eigenvalue weighted by Gasteiger charge is -2.07. The molecule has 0 saturated heterocycles. The van der Waals surface area contributed by atoms with E-state index >= 15 is 0 Å². The maximum absolute atomic E-state index is 11.9. The molecule has 0 aromatic heterocycles. The molecule has 0 radical (unpaired) electrons. The summed E-state index contributed by atoms with van der Waals surface area (Å²) in [7, 11) is 0. The summed E-state index contributed by atoms with van der Waals surface area (Å²) in [6.45, 7) is 2.88. The van der Waals surface area contributed by atoms with Crippen LogP contribution in [0.3, 0.4) is 0 Å². The molecule has 1 rings (SSSR count). The lowest BCUT2D eigenvalue weighted by Crippen LogP contribution is -2.31. The summed E-state index contributed by atoms with van der Waals surface area (Å²) >= 11 is 6.00. The number of benzene rings is 1. The number of amides is 2. The number of rotatable bonds is 8. The number of nitrogens with one attached hydrogen (secondary N) is 3. The molecular weight excluding hydrogens is 332 g/mol. The Kier molecular flexibility index (Phi) is 8.79. The van der Waals surface area contributed by atoms with Crippen molar-refractivity contribution in [2.75, 3.05) is 19.7 Å². The van der Waals surface area contributed by atoms with E-state index in [0.29, 0.717) is 24.7 Å². The van der Waals surface area contributed by atoms with Crippen molar-refractivity contribution < 1.29 is 14.3 Å². The van der Waals surface area contributed by atoms with E-state index in [1.54, 1.807) is 25.1 Å². The van der Waals surface area contributed by atoms with Crippen LogP contribution in [-0.2, 0) is 16.1 Å². The van der Waals surface area contributed by atoms with Crippen LogP contribution < -0.4 is 16.0 Å². The fourth-order valence-electron chi connectivity index (χ4n) is 1.65. The average molecular weight is 351 g/mol. The zero-order valence-electron chi connectivity index (χ0n) is 13.3. The van der Waals surface area contributed by atoms with E-state index in [1.165, 1.54) is 6.20 Å². The van der Waals surface area contributed by atoms with Crippen LogP contribution in [0.15, 0.2) is 36.0 Å². The second-order valence-corrected chi connectivity index (χ2v) is 4.95. The van der Waals surface area contributed by atoms with Crippen molar-refractivity contribution in [3.63, 3.8) is 0 Å². The van der Waals surface area contributed by atoms with E-state index in [4.69, 9.17) is 21.6 Å². The van der Waals surface area contributed by atoms with Gasteiger partial charge in [-0.15, -0.1) is 0 Å². The number of nitriles is 1. The minimum atomic E-state index is -0.513. The van der Waals surface area contributed by atoms with Gasteiger partial charge in [0.05, 0.1) is 6.61 Å². The first-order valence-electron chi connectivity index (χ1n) is 7.34. The van der Waals surface area contributed by atoms with Gasteiger partial charge in [-0.05, 0) is 18.6 Å². The highest BCUT2D eigenvalue weighted by molar-refractivity contribution is 6.31. The topological polar surface area (TPSA) is 103 Å². The lowest BCUT2D eigenvalue weighted by atomic mass is 10.2. The number of nitrogens with zero attached hydrogens (tertiary/aromatic N) is 1. The Morgan fingerprint density at radius 3 is 2.71 bits per heavy atom. The standard InChI is InChI=1S/C16H19ClN4O3/c1-2-24-16(23)20-8-7-19-10-13(9-18)15(22)21-11-12-5-3-4-6-14(12)17/h3-6,10,19H,2,7-8,11H2,1H3,(H,20,23)(H,21,22)/b13-10-. The molecule has 0 bridgehead atoms. The monoisotopic (exact) mass is 350 g/mol. The molecule has 1 aromatic carbocycles. The third kappa shape index (κ3) is 7.03. The molecule has 2 amide bonds. The molecule has 0 heterocycles. The van der Waals surface area contributed by atoms with Crippen LogP contribution in [-0.4, -0.2) is 31.7 Å². The maximum Gasteiger partial charge on any atom is 0.407 e. The summed E-state index contributed by atoms with van der Waals surface area (Å²) < 4.78 is 4.69. The first-order chi connectivity index (χ1) is 11.6. The Morgan fingerprint density at radius 1 is 1.29 bits per heavy atom. The Balaban J connectivity index is 2.39. The molecule has 0 aliphatic carbocycles. The summed E-state index contributed by atoms with van der Waals surface area (Å²) in [6, 6.07) is 8.93. The highest BCUT2D eigenvalue weighted by Crippen LogP contribution is 2.14. The van der Waals surface area contributed by atoms with Crippen LogP contribution in [0.5, 0.6) is 0 Å². The first-order valence-corrected chi connectivity index (χ1v) is 7.72. The Hall–Kier alpha value is -2.72. The molecule has 0 spiro atoms. The van der Waals surface area contributed by atoms with Crippen LogP contribution in [0.1, 0.15) is 12.5 Å². The van der Waals surface area contributed by atoms with Gasteiger partial charge >= 0.3 is 6.09 Å². The Morgan fingerprint density at radius 2 is 2.04 bits per heavy atom. The van der Waals surface area contributed by atoms with Gasteiger partial charge in [0.25, 0.3) is 5.91 Å². The van der Waals surface area contributed by atoms with Crippen LogP contribution >= 0.6 is 11.6 Å². The van der Waals surface area contributed by atoms with Gasteiger partial charge in [-0.1, -0.05) is 29.8 Å². The number of hydrogen-bond acceptors (Lipinski definition) is 5. The molecule has 24 heavy (non-hydrogen) atoms. The first kappa shape index (κ1) is 19.3. The fourth-order valence-corrected chi connectivity index (χ4v) is 1.86. The average Bonchev–Trinajstić information content (AvgIpc) is 2.57. The predicted molar refractivity (Wildman–Crippen MR) is 90.0 cm³/mol. The van der Waals surface area contributed by atoms with Crippen LogP contribution in [0.4, 0.5) is 4.79 Å². The number of halogens is 1. The quantitative estimate of drug-likeness (QED) is 0.376. The smallest absolute Gasteiger partial charge is 0.407 e. The highest BCUT2D eigenvalue weighted by Gasteiger charge is 2.09. The summed E-state index contributed by atoms with van der Waals surface area (Å²) in [4.78, 5) is 23.0. The van der Waals surface area contributed by atoms with Gasteiger partial charge in [0.2, 0.25) is 0 Å². The van der Waals surface area contributed by atoms with Crippen molar-refractivity contribution in [3.05, 3.63) is 46.6 Å². The molecule has 8 heteroatoms. The van der Waals surface area contributed by atoms with E-state index in [2.05, 4.69) is 16.0 Å². The third-order valence-corrected chi connectivity index (χ3v) is 3.19. The van der Waals surface area contributed by atoms with Gasteiger partial charge in [-0.2, -0.15) is 5.26 Å². The summed E-state index contributed by atoms with van der Waals surface area (Å²) in [5.74, 6) is -0.511. The summed E-state index contributed by atoms with van der Waals surface area (Å²) in [5, 5.41) is 17.5. The Labute approximate surface area is 145 Å². The molecule has 0 saturated carbocycles. The zero-order valence-corrected chi connectivity index (χ0v) is 14.0. The van der Waals surface area contributed by atoms with Gasteiger partial charge in [0.15, 0.2) is 0 Å². The lowest BCUT2D eigenvalue weighted by molar-refractivity contribution is -0.117. The van der Waals surface area contributed by atoms with Gasteiger partial charge in [-0.3, -0.25) is 4.79 Å². The predicted octanol–water partition coefficient (Wildman–Crippen LogP) is 1.70. The number of ether oxygens (including phenoxy) is 1. The minimum Gasteiger partial charge on any atom is -0.450 e. The number of hydrogen-bond donors (Lipinski definition) is 3. The molecule has 0 aliphatic rings. The van der Waals surface area contributed by atoms with Crippen molar-refractivity contribution in [3.8, 4) is 6.07 Å². The van der Waals surface area contributed by atoms with E-state index in [1.807, 2.05) is 12.1 Å². The zero-order chi connectivity index (χ0) is 17.8. The third-order valence-electron chi connectivity index (χ3n) is 2.82. The van der Waals surface area contributed by atoms with Crippen LogP contribution in [0.2, 0.25) is 5.02 Å². The van der Waals surface area contributed by atoms with Crippen LogP contribution in [0, 0.1) is 11.3 Å². The fraction of sp³-hybridized carbons (Fsp3) is 0.312. The molecule has 0 fully saturated rings. The molecule has 3 N–H and O–H groups in total. The van der Waals surface area contributed by atoms with E-state index in [0.717, 1.165) is 5.56 Å². The number of alkyl carbamates (subject to hydrolysis) is 1. The molecule has 0 aliphatic heterocycles. The molecular formula is C16H19ClN4O3. The summed E-state index contributed by atoms with van der Waals surface area (Å²) in [5.41, 5.74) is 0.689. The Bertz CT molecular complexity index is 640. The van der Waals surface area contributed by atoms with Crippen molar-refractivity contribution in [1.29, 1.82) is 5.26 Å². The SMILES string of the molecule is CCOC(=O)NCCN/C=C(/C#N)C(=O)NCc1ccccc1Cl. The summed E-state index contributed by atoms with van der Waals surface area (Å²) in [6.07, 6.45) is 0.788. The largest absolute Gasteiger partial charge is 0.450 e. The second kappa shape index (κ2) is 10.9. The molecule has 7 nitrogen and oxygen atoms in total. The van der Waals surface area contributed by atoms with Gasteiger partial charge in [0.1, 0.15) is 11.6 Å². The van der Waals surface area contributed by atoms with E-state index in [-0.39, 0.29) is 12.1 Å². The van der Waals surface area contributed by atoms with Gasteiger partial charge in [0, 0.05) is 30.9 Å². The number of carbonyl (C=O) groups excluding carboxylic acids is 2. The molecule has 0 unspecified atom stereocenters. The van der Waals surface area contributed by atoms with Crippen molar-refractivity contribution in [1.82, 2.24) is 16.0 Å². The molecule has 128 valence electrons. The van der Waals surface area contributed by atoms with Crippen molar-refractivity contribution >= 4 is 23.6 Å². The number of carbonyl (C=O) groups is 2. The van der Waals surface area contributed by atoms with E-state index < -0.39 is 12.0 Å². The van der Waals surface area contributed by atoms with Crippen molar-refractivity contribution in [2.45, 2.75) is 13.5 Å². The van der Waals surface area contributed by atoms with E-state index in [9.17, 15) is 9.59 Å².